The zero-order valence-corrected chi connectivity index (χ0v) is 17.1. The number of hydrogen-bond donors (Lipinski definition) is 3. The number of aromatic hydroxyl groups is 1. The van der Waals surface area contributed by atoms with Gasteiger partial charge in [-0.25, -0.2) is 0 Å². The molecular formula is C21H30N4O5. The van der Waals surface area contributed by atoms with Gasteiger partial charge in [0.25, 0.3) is 0 Å². The number of rotatable bonds is 8. The number of likely N-dealkylation sites (tertiary alicyclic amines) is 1. The van der Waals surface area contributed by atoms with Crippen LogP contribution in [0.15, 0.2) is 24.3 Å². The second kappa shape index (κ2) is 10.4. The number of phenols is 1. The van der Waals surface area contributed by atoms with Crippen molar-refractivity contribution in [3.05, 3.63) is 24.3 Å². The van der Waals surface area contributed by atoms with Crippen LogP contribution in [-0.2, 0) is 14.4 Å². The Morgan fingerprint density at radius 3 is 2.30 bits per heavy atom. The highest BCUT2D eigenvalue weighted by Gasteiger charge is 2.28. The number of carboxylic acid groups (broad SMARTS) is 1. The molecule has 3 rings (SSSR count). The number of nitrogens with one attached hydrogen (secondary N) is 1. The maximum absolute atomic E-state index is 12.3. The van der Waals surface area contributed by atoms with E-state index in [-0.39, 0.29) is 24.6 Å². The molecule has 164 valence electrons. The topological polar surface area (TPSA) is 113 Å². The fourth-order valence-corrected chi connectivity index (χ4v) is 3.95. The minimum atomic E-state index is -1.01. The summed E-state index contributed by atoms with van der Waals surface area (Å²) in [4.78, 5) is 42.3. The van der Waals surface area contributed by atoms with Gasteiger partial charge in [0.15, 0.2) is 0 Å². The highest BCUT2D eigenvalue weighted by atomic mass is 16.4. The molecule has 2 aliphatic heterocycles. The van der Waals surface area contributed by atoms with Crippen LogP contribution in [0.5, 0.6) is 5.75 Å². The molecule has 0 aliphatic carbocycles. The Bertz CT molecular complexity index is 758. The maximum atomic E-state index is 12.3. The summed E-state index contributed by atoms with van der Waals surface area (Å²) in [5.41, 5.74) is 0.431. The van der Waals surface area contributed by atoms with Crippen molar-refractivity contribution in [2.75, 3.05) is 57.7 Å². The third-order valence-corrected chi connectivity index (χ3v) is 5.67. The molecule has 9 nitrogen and oxygen atoms in total. The highest BCUT2D eigenvalue weighted by molar-refractivity contribution is 5.93. The van der Waals surface area contributed by atoms with E-state index in [1.54, 1.807) is 12.1 Å². The number of phenolic OH excluding ortho intramolecular Hbond substituents is 1. The van der Waals surface area contributed by atoms with Crippen molar-refractivity contribution in [3.63, 3.8) is 0 Å². The van der Waals surface area contributed by atoms with Gasteiger partial charge in [0.2, 0.25) is 11.8 Å². The SMILES string of the molecule is O=C(C[C@@H](CN1CCN(CC(=O)N2CCCC2)CC1)C(=O)O)Nc1cccc(O)c1. The number of carbonyl (C=O) groups excluding carboxylic acids is 2. The fourth-order valence-electron chi connectivity index (χ4n) is 3.95. The van der Waals surface area contributed by atoms with Crippen molar-refractivity contribution in [2.45, 2.75) is 19.3 Å². The van der Waals surface area contributed by atoms with Crippen molar-refractivity contribution in [3.8, 4) is 5.75 Å². The van der Waals surface area contributed by atoms with Crippen molar-refractivity contribution < 1.29 is 24.6 Å². The number of anilines is 1. The lowest BCUT2D eigenvalue weighted by atomic mass is 10.0. The maximum Gasteiger partial charge on any atom is 0.308 e. The van der Waals surface area contributed by atoms with Crippen LogP contribution in [0.4, 0.5) is 5.69 Å². The van der Waals surface area contributed by atoms with Gasteiger partial charge in [-0.15, -0.1) is 0 Å². The van der Waals surface area contributed by atoms with Gasteiger partial charge < -0.3 is 20.4 Å². The predicted molar refractivity (Wildman–Crippen MR) is 111 cm³/mol. The fraction of sp³-hybridized carbons (Fsp3) is 0.571. The van der Waals surface area contributed by atoms with E-state index < -0.39 is 17.8 Å². The second-order valence-electron chi connectivity index (χ2n) is 8.00. The van der Waals surface area contributed by atoms with Crippen LogP contribution in [0.3, 0.4) is 0 Å². The van der Waals surface area contributed by atoms with Gasteiger partial charge in [-0.3, -0.25) is 24.2 Å². The van der Waals surface area contributed by atoms with Crippen LogP contribution < -0.4 is 5.32 Å². The molecule has 0 aromatic heterocycles. The summed E-state index contributed by atoms with van der Waals surface area (Å²) in [5.74, 6) is -2.02. The average molecular weight is 418 g/mol. The van der Waals surface area contributed by atoms with Gasteiger partial charge >= 0.3 is 5.97 Å². The van der Waals surface area contributed by atoms with Crippen LogP contribution in [0.25, 0.3) is 0 Å². The molecule has 3 N–H and O–H groups in total. The Morgan fingerprint density at radius 1 is 1.00 bits per heavy atom. The molecule has 0 bridgehead atoms. The number of amides is 2. The van der Waals surface area contributed by atoms with Crippen LogP contribution in [0.1, 0.15) is 19.3 Å². The zero-order valence-electron chi connectivity index (χ0n) is 17.1. The molecular weight excluding hydrogens is 388 g/mol. The Balaban J connectivity index is 1.43. The van der Waals surface area contributed by atoms with Crippen molar-refractivity contribution >= 4 is 23.5 Å². The number of carboxylic acids is 1. The molecule has 2 saturated heterocycles. The second-order valence-corrected chi connectivity index (χ2v) is 8.00. The summed E-state index contributed by atoms with van der Waals surface area (Å²) >= 11 is 0. The van der Waals surface area contributed by atoms with E-state index in [4.69, 9.17) is 0 Å². The lowest BCUT2D eigenvalue weighted by Gasteiger charge is -2.36. The highest BCUT2D eigenvalue weighted by Crippen LogP contribution is 2.17. The predicted octanol–water partition coefficient (Wildman–Crippen LogP) is 0.662. The van der Waals surface area contributed by atoms with Gasteiger partial charge in [-0.05, 0) is 25.0 Å². The number of piperazine rings is 1. The lowest BCUT2D eigenvalue weighted by Crippen LogP contribution is -2.51. The number of hydrogen-bond acceptors (Lipinski definition) is 6. The van der Waals surface area contributed by atoms with Gasteiger partial charge in [-0.1, -0.05) is 6.07 Å². The Labute approximate surface area is 176 Å². The van der Waals surface area contributed by atoms with Crippen LogP contribution in [-0.4, -0.2) is 95.1 Å². The molecule has 0 radical (unpaired) electrons. The molecule has 1 aromatic rings. The van der Waals surface area contributed by atoms with Crippen molar-refractivity contribution in [2.24, 2.45) is 5.92 Å². The van der Waals surface area contributed by atoms with Gasteiger partial charge in [0.05, 0.1) is 12.5 Å². The molecule has 1 atom stereocenters. The summed E-state index contributed by atoms with van der Waals surface area (Å²) in [6, 6.07) is 6.15. The minimum absolute atomic E-state index is 0.0312. The first-order chi connectivity index (χ1) is 14.4. The van der Waals surface area contributed by atoms with E-state index in [9.17, 15) is 24.6 Å². The largest absolute Gasteiger partial charge is 0.508 e. The first-order valence-corrected chi connectivity index (χ1v) is 10.4. The summed E-state index contributed by atoms with van der Waals surface area (Å²) in [6.45, 7) is 5.17. The molecule has 2 heterocycles. The van der Waals surface area contributed by atoms with Crippen LogP contribution in [0.2, 0.25) is 0 Å². The van der Waals surface area contributed by atoms with E-state index in [1.807, 2.05) is 9.80 Å². The normalized spacial score (nSPS) is 18.9. The number of carbonyl (C=O) groups is 3. The third-order valence-electron chi connectivity index (χ3n) is 5.67. The lowest BCUT2D eigenvalue weighted by molar-refractivity contribution is -0.144. The van der Waals surface area contributed by atoms with Crippen molar-refractivity contribution in [1.82, 2.24) is 14.7 Å². The zero-order chi connectivity index (χ0) is 21.5. The van der Waals surface area contributed by atoms with Crippen molar-refractivity contribution in [1.29, 1.82) is 0 Å². The van der Waals surface area contributed by atoms with Gasteiger partial charge in [0.1, 0.15) is 5.75 Å². The average Bonchev–Trinajstić information content (AvgIpc) is 3.24. The molecule has 2 aliphatic rings. The summed E-state index contributed by atoms with van der Waals surface area (Å²) in [5, 5.41) is 21.6. The molecule has 0 spiro atoms. The van der Waals surface area contributed by atoms with E-state index in [0.717, 1.165) is 25.9 Å². The molecule has 1 aromatic carbocycles. The smallest absolute Gasteiger partial charge is 0.308 e. The Morgan fingerprint density at radius 2 is 1.67 bits per heavy atom. The molecule has 0 unspecified atom stereocenters. The molecule has 9 heteroatoms. The number of aliphatic carboxylic acids is 1. The molecule has 0 saturated carbocycles. The standard InChI is InChI=1S/C21H30N4O5/c26-18-5-3-4-17(13-18)22-19(27)12-16(21(29)30)14-23-8-10-24(11-9-23)15-20(28)25-6-1-2-7-25/h3-5,13,16,26H,1-2,6-12,14-15H2,(H,22,27)(H,29,30)/t16-/m0/s1. The van der Waals surface area contributed by atoms with Gasteiger partial charge in [0, 0.05) is 64.0 Å². The quantitative estimate of drug-likeness (QED) is 0.568. The first kappa shape index (κ1) is 22.0. The Hall–Kier alpha value is -2.65. The summed E-state index contributed by atoms with van der Waals surface area (Å²) in [6.07, 6.45) is 2.02. The third kappa shape index (κ3) is 6.43. The number of benzene rings is 1. The van der Waals surface area contributed by atoms with Gasteiger partial charge in [-0.2, -0.15) is 0 Å². The van der Waals surface area contributed by atoms with Crippen LogP contribution in [0, 0.1) is 5.92 Å². The van der Waals surface area contributed by atoms with E-state index in [0.29, 0.717) is 38.4 Å². The summed E-state index contributed by atoms with van der Waals surface area (Å²) in [7, 11) is 0. The first-order valence-electron chi connectivity index (χ1n) is 10.4. The molecule has 30 heavy (non-hydrogen) atoms. The number of nitrogens with zero attached hydrogens (tertiary/aromatic N) is 3. The van der Waals surface area contributed by atoms with E-state index >= 15 is 0 Å². The van der Waals surface area contributed by atoms with E-state index in [2.05, 4.69) is 10.2 Å². The molecule has 2 fully saturated rings. The monoisotopic (exact) mass is 418 g/mol. The van der Waals surface area contributed by atoms with E-state index in [1.165, 1.54) is 12.1 Å². The molecule has 2 amide bonds. The minimum Gasteiger partial charge on any atom is -0.508 e. The Kier molecular flexibility index (Phi) is 7.64. The summed E-state index contributed by atoms with van der Waals surface area (Å²) < 4.78 is 0. The van der Waals surface area contributed by atoms with Crippen LogP contribution >= 0.6 is 0 Å².